The van der Waals surface area contributed by atoms with Gasteiger partial charge in [0.2, 0.25) is 0 Å². The van der Waals surface area contributed by atoms with Gasteiger partial charge in [0.25, 0.3) is 0 Å². The molecule has 0 amide bonds. The molecule has 0 fully saturated rings. The molecule has 12 aromatic rings. The average molecular weight is 1630 g/mol. The van der Waals surface area contributed by atoms with Crippen molar-refractivity contribution in [3.8, 4) is 103 Å². The molecular formula is C79H72AgF3IrN12O3S-. The van der Waals surface area contributed by atoms with Gasteiger partial charge in [0, 0.05) is 53.6 Å². The van der Waals surface area contributed by atoms with Gasteiger partial charge >= 0.3 is 15.6 Å². The van der Waals surface area contributed by atoms with Crippen LogP contribution in [0.3, 0.4) is 0 Å². The molecule has 12 rings (SSSR count). The fraction of sp³-hybridized carbons (Fsp3) is 0.203. The second-order valence-electron chi connectivity index (χ2n) is 24.4. The monoisotopic (exact) mass is 1630 g/mol. The van der Waals surface area contributed by atoms with Gasteiger partial charge in [-0.25, -0.2) is 19.3 Å². The van der Waals surface area contributed by atoms with Crippen molar-refractivity contribution in [2.45, 2.75) is 109 Å². The molecule has 9 aromatic carbocycles. The van der Waals surface area contributed by atoms with Gasteiger partial charge in [0.1, 0.15) is 17.5 Å². The van der Waals surface area contributed by atoms with E-state index in [1.165, 1.54) is 38.9 Å². The number of hydrogen-bond donors (Lipinski definition) is 1. The van der Waals surface area contributed by atoms with E-state index in [-0.39, 0.29) is 42.5 Å². The maximum absolute atomic E-state index is 10.7. The van der Waals surface area contributed by atoms with E-state index >= 15 is 0 Å². The Morgan fingerprint density at radius 3 is 0.980 bits per heavy atom. The minimum atomic E-state index is -5.84. The van der Waals surface area contributed by atoms with Crippen molar-refractivity contribution in [3.63, 3.8) is 0 Å². The van der Waals surface area contributed by atoms with Crippen molar-refractivity contribution < 1.29 is 68.6 Å². The first-order valence-corrected chi connectivity index (χ1v) is 32.7. The Morgan fingerprint density at radius 2 is 0.680 bits per heavy atom. The summed E-state index contributed by atoms with van der Waals surface area (Å²) < 4.78 is 63.4. The number of aryl methyl sites for hydroxylation is 15. The number of nitrogens with zero attached hydrogens (tertiary/aromatic N) is 12. The van der Waals surface area contributed by atoms with Gasteiger partial charge in [-0.15, -0.1) is 35.4 Å². The van der Waals surface area contributed by atoms with Gasteiger partial charge in [0.05, 0.1) is 57.8 Å². The Hall–Kier alpha value is -10.0. The summed E-state index contributed by atoms with van der Waals surface area (Å²) in [5.74, 6) is 4.58. The van der Waals surface area contributed by atoms with Gasteiger partial charge in [-0.2, -0.15) is 52.7 Å². The van der Waals surface area contributed by atoms with E-state index in [9.17, 15) is 29.0 Å². The molecule has 15 nitrogen and oxygen atoms in total. The van der Waals surface area contributed by atoms with E-state index < -0.39 is 15.6 Å². The van der Waals surface area contributed by atoms with Gasteiger partial charge < -0.3 is 0 Å². The molecule has 0 aliphatic carbocycles. The Kier molecular flexibility index (Phi) is 25.0. The fourth-order valence-electron chi connectivity index (χ4n) is 12.2. The molecule has 514 valence electrons. The van der Waals surface area contributed by atoms with E-state index in [4.69, 9.17) is 43.2 Å². The summed E-state index contributed by atoms with van der Waals surface area (Å²) in [5.41, 5.74) is 22.9. The van der Waals surface area contributed by atoms with E-state index in [0.717, 1.165) is 124 Å². The van der Waals surface area contributed by atoms with Crippen molar-refractivity contribution >= 4 is 10.1 Å². The molecule has 0 bridgehead atoms. The molecule has 100 heavy (non-hydrogen) atoms. The molecule has 0 unspecified atom stereocenters. The molecule has 0 aliphatic rings. The smallest absolute Gasteiger partial charge is 0.279 e. The second kappa shape index (κ2) is 32.3. The summed E-state index contributed by atoms with van der Waals surface area (Å²) >= 11 is 0. The van der Waals surface area contributed by atoms with Crippen LogP contribution in [0.4, 0.5) is 13.2 Å². The van der Waals surface area contributed by atoms with E-state index in [1.54, 1.807) is 0 Å². The molecule has 1 N–H and O–H groups in total. The van der Waals surface area contributed by atoms with Gasteiger partial charge in [-0.05, 0) is 230 Å². The summed E-state index contributed by atoms with van der Waals surface area (Å²) in [7, 11) is -5.84. The van der Waals surface area contributed by atoms with Gasteiger partial charge in [0.15, 0.2) is 11.6 Å². The summed E-state index contributed by atoms with van der Waals surface area (Å²) in [6, 6.07) is 63.0. The zero-order chi connectivity index (χ0) is 71.2. The number of aromatic nitrogens is 9. The van der Waals surface area contributed by atoms with Crippen LogP contribution in [0.1, 0.15) is 101 Å². The molecule has 0 saturated carbocycles. The Labute approximate surface area is 611 Å². The molecule has 2 radical (unpaired) electrons. The summed E-state index contributed by atoms with van der Waals surface area (Å²) in [6.45, 7) is 30.9. The second-order valence-corrected chi connectivity index (χ2v) is 25.8. The first-order valence-electron chi connectivity index (χ1n) is 31.2. The van der Waals surface area contributed by atoms with Crippen LogP contribution < -0.4 is 0 Å². The predicted octanol–water partition coefficient (Wildman–Crippen LogP) is 18.2. The standard InChI is InChI=1S/2C26H24N4.C26H23N4.CHF3O3S.Ag.Ir/c3*1-16-11-18(3)25(19(4)12-16)30-26(28-20(5)29-30)23-8-6-7-22(14-23)24-13-21(15-27)10-9-17(24)2;2-1(3,4)8(5,6)7;;/h2*6-14H,1-5H3;6-7,9-14H,1-5H3;(H,5,6,7);;/q;;-1;;;. The third-order valence-corrected chi connectivity index (χ3v) is 16.9. The van der Waals surface area contributed by atoms with Crippen LogP contribution in [0.15, 0.2) is 158 Å². The number of nitriles is 3. The molecule has 0 spiro atoms. The number of halogens is 3. The first-order chi connectivity index (χ1) is 46.4. The van der Waals surface area contributed by atoms with Crippen LogP contribution in [-0.4, -0.2) is 62.8 Å². The number of hydrogen-bond acceptors (Lipinski definition) is 11. The Morgan fingerprint density at radius 1 is 0.400 bits per heavy atom. The van der Waals surface area contributed by atoms with E-state index in [0.29, 0.717) is 22.5 Å². The summed E-state index contributed by atoms with van der Waals surface area (Å²) in [5, 5.41) is 42.0. The maximum Gasteiger partial charge on any atom is 0.522 e. The molecular weight excluding hydrogens is 1550 g/mol. The molecule has 21 heteroatoms. The van der Waals surface area contributed by atoms with Gasteiger partial charge in [-0.3, -0.25) is 14.2 Å². The summed E-state index contributed by atoms with van der Waals surface area (Å²) in [6.07, 6.45) is 0. The minimum absolute atomic E-state index is 0. The normalized spacial score (nSPS) is 10.8. The van der Waals surface area contributed by atoms with Gasteiger partial charge in [-0.1, -0.05) is 108 Å². The summed E-state index contributed by atoms with van der Waals surface area (Å²) in [4.78, 5) is 14.2. The zero-order valence-corrected chi connectivity index (χ0v) is 62.5. The Balaban J connectivity index is 0.000000197. The number of alkyl halides is 3. The van der Waals surface area contributed by atoms with Crippen molar-refractivity contribution in [2.75, 3.05) is 0 Å². The van der Waals surface area contributed by atoms with Crippen LogP contribution in [0.5, 0.6) is 0 Å². The topological polar surface area (TPSA) is 218 Å². The van der Waals surface area contributed by atoms with Crippen molar-refractivity contribution in [2.24, 2.45) is 0 Å². The fourth-order valence-corrected chi connectivity index (χ4v) is 12.2. The van der Waals surface area contributed by atoms with Crippen LogP contribution in [-0.2, 0) is 52.6 Å². The van der Waals surface area contributed by atoms with E-state index in [2.05, 4.69) is 186 Å². The molecule has 3 aromatic heterocycles. The van der Waals surface area contributed by atoms with Crippen LogP contribution in [0, 0.1) is 144 Å². The van der Waals surface area contributed by atoms with Crippen LogP contribution in [0.25, 0.3) is 84.6 Å². The quantitative estimate of drug-likeness (QED) is 0.0618. The number of rotatable bonds is 9. The molecule has 0 saturated heterocycles. The van der Waals surface area contributed by atoms with Crippen molar-refractivity contribution in [1.29, 1.82) is 15.8 Å². The van der Waals surface area contributed by atoms with E-state index in [1.807, 2.05) is 114 Å². The van der Waals surface area contributed by atoms with Crippen molar-refractivity contribution in [3.05, 3.63) is 265 Å². The average Bonchev–Trinajstić information content (AvgIpc) is 1.57. The largest absolute Gasteiger partial charge is 0.522 e. The Bertz CT molecular complexity index is 4770. The SMILES string of the molecule is Cc1cc(C)c(-n2nc(C)nc2-c2[c-]ccc(-c3cc(C#N)ccc3C)c2)c(C)c1.Cc1cc(C)c(-n2nc(C)nc2-c2cccc(-c3cc(C#N)ccc3C)c2)c(C)c1.Cc1cc(C)c(-n2nc(C)nc2-c2cccc(-c3cc(C#N)ccc3C)c2)c(C)c1.O=S(=O)(O)C(F)(F)F.[Ag].[Ir]. The maximum atomic E-state index is 10.7. The number of benzene rings is 9. The minimum Gasteiger partial charge on any atom is -0.279 e. The first kappa shape index (κ1) is 77.3. The molecule has 3 heterocycles. The van der Waals surface area contributed by atoms with Crippen LogP contribution in [0.2, 0.25) is 0 Å². The molecule has 0 atom stereocenters. The van der Waals surface area contributed by atoms with Crippen LogP contribution >= 0.6 is 0 Å². The van der Waals surface area contributed by atoms with Crippen molar-refractivity contribution in [1.82, 2.24) is 44.3 Å². The predicted molar refractivity (Wildman–Crippen MR) is 378 cm³/mol. The zero-order valence-electron chi connectivity index (χ0n) is 57.8. The third kappa shape index (κ3) is 17.7. The molecule has 0 aliphatic heterocycles. The third-order valence-electron chi connectivity index (χ3n) is 16.3.